The predicted octanol–water partition coefficient (Wildman–Crippen LogP) is 2.89. The minimum Gasteiger partial charge on any atom is -0.405 e. The van der Waals surface area contributed by atoms with Crippen LogP contribution < -0.4 is 15.4 Å². The van der Waals surface area contributed by atoms with E-state index >= 15 is 0 Å². The molecule has 1 aliphatic heterocycles. The Kier molecular flexibility index (Phi) is 11.0. The third-order valence-electron chi connectivity index (χ3n) is 4.68. The van der Waals surface area contributed by atoms with Crippen LogP contribution in [0.25, 0.3) is 0 Å². The van der Waals surface area contributed by atoms with Gasteiger partial charge in [-0.15, -0.1) is 37.1 Å². The summed E-state index contributed by atoms with van der Waals surface area (Å²) in [6.45, 7) is 9.71. The van der Waals surface area contributed by atoms with E-state index < -0.39 is 6.36 Å². The zero-order valence-electron chi connectivity index (χ0n) is 17.1. The van der Waals surface area contributed by atoms with Gasteiger partial charge in [-0.2, -0.15) is 0 Å². The third-order valence-corrected chi connectivity index (χ3v) is 4.68. The maximum atomic E-state index is 12.6. The standard InChI is InChI=1S/C19H30F3N5O.HI/c1-4-23-18(24-13-15(2)27-11-9-26(3)10-12-27)25-14-16-7-5-6-8-17(16)28-19(20,21)22;/h5-8,15H,4,9-14H2,1-3H3,(H2,23,24,25);1H. The highest BCUT2D eigenvalue weighted by atomic mass is 127. The van der Waals surface area contributed by atoms with Gasteiger partial charge in [0.15, 0.2) is 5.96 Å². The van der Waals surface area contributed by atoms with Crippen LogP contribution in [0.4, 0.5) is 13.2 Å². The SMILES string of the molecule is CCNC(=NCc1ccccc1OC(F)(F)F)NCC(C)N1CCN(C)CC1.I. The number of nitrogens with zero attached hydrogens (tertiary/aromatic N) is 3. The molecule has 29 heavy (non-hydrogen) atoms. The van der Waals surface area contributed by atoms with Crippen molar-refractivity contribution in [3.63, 3.8) is 0 Å². The molecule has 0 radical (unpaired) electrons. The number of hydrogen-bond acceptors (Lipinski definition) is 4. The predicted molar refractivity (Wildman–Crippen MR) is 120 cm³/mol. The van der Waals surface area contributed by atoms with Gasteiger partial charge in [-0.05, 0) is 27.0 Å². The van der Waals surface area contributed by atoms with Crippen LogP contribution >= 0.6 is 24.0 Å². The maximum absolute atomic E-state index is 12.6. The van der Waals surface area contributed by atoms with Crippen LogP contribution in [0.5, 0.6) is 5.75 Å². The Labute approximate surface area is 187 Å². The summed E-state index contributed by atoms with van der Waals surface area (Å²) in [6, 6.07) is 6.40. The quantitative estimate of drug-likeness (QED) is 0.324. The molecule has 1 heterocycles. The van der Waals surface area contributed by atoms with Crippen LogP contribution in [0.1, 0.15) is 19.4 Å². The molecule has 0 spiro atoms. The molecule has 10 heteroatoms. The second-order valence-electron chi connectivity index (χ2n) is 6.92. The van der Waals surface area contributed by atoms with Crippen LogP contribution in [0.2, 0.25) is 0 Å². The van der Waals surface area contributed by atoms with Gasteiger partial charge in [0.25, 0.3) is 0 Å². The highest BCUT2D eigenvalue weighted by Crippen LogP contribution is 2.26. The van der Waals surface area contributed by atoms with E-state index in [-0.39, 0.29) is 36.3 Å². The number of likely N-dealkylation sites (N-methyl/N-ethyl adjacent to an activating group) is 1. The largest absolute Gasteiger partial charge is 0.573 e. The van der Waals surface area contributed by atoms with Crippen LogP contribution in [0.3, 0.4) is 0 Å². The van der Waals surface area contributed by atoms with Crippen molar-refractivity contribution < 1.29 is 17.9 Å². The van der Waals surface area contributed by atoms with Crippen LogP contribution in [0.15, 0.2) is 29.3 Å². The number of para-hydroxylation sites is 1. The first-order valence-electron chi connectivity index (χ1n) is 9.57. The fourth-order valence-corrected chi connectivity index (χ4v) is 3.00. The van der Waals surface area contributed by atoms with Gasteiger partial charge in [0.1, 0.15) is 5.75 Å². The normalized spacial score (nSPS) is 17.4. The lowest BCUT2D eigenvalue weighted by molar-refractivity contribution is -0.274. The fourth-order valence-electron chi connectivity index (χ4n) is 3.00. The third kappa shape index (κ3) is 9.39. The molecule has 2 N–H and O–H groups in total. The molecule has 0 bridgehead atoms. The molecule has 0 aromatic heterocycles. The fraction of sp³-hybridized carbons (Fsp3) is 0.632. The lowest BCUT2D eigenvalue weighted by atomic mass is 10.2. The highest BCUT2D eigenvalue weighted by Gasteiger charge is 2.31. The molecule has 166 valence electrons. The van der Waals surface area contributed by atoms with E-state index in [1.54, 1.807) is 12.1 Å². The second kappa shape index (κ2) is 12.4. The zero-order chi connectivity index (χ0) is 20.6. The molecule has 6 nitrogen and oxygen atoms in total. The molecule has 2 rings (SSSR count). The monoisotopic (exact) mass is 529 g/mol. The van der Waals surface area contributed by atoms with Crippen molar-refractivity contribution in [2.75, 3.05) is 46.3 Å². The Balaban J connectivity index is 0.00000420. The molecule has 1 saturated heterocycles. The number of guanidine groups is 1. The molecule has 1 aromatic rings. The summed E-state index contributed by atoms with van der Waals surface area (Å²) in [4.78, 5) is 9.15. The van der Waals surface area contributed by atoms with Crippen molar-refractivity contribution in [1.82, 2.24) is 20.4 Å². The number of aliphatic imine (C=N–C) groups is 1. The van der Waals surface area contributed by atoms with E-state index in [4.69, 9.17) is 0 Å². The lowest BCUT2D eigenvalue weighted by Gasteiger charge is -2.36. The van der Waals surface area contributed by atoms with Gasteiger partial charge >= 0.3 is 6.36 Å². The number of hydrogen-bond donors (Lipinski definition) is 2. The topological polar surface area (TPSA) is 52.1 Å². The summed E-state index contributed by atoms with van der Waals surface area (Å²) in [5, 5.41) is 6.42. The Morgan fingerprint density at radius 2 is 1.83 bits per heavy atom. The maximum Gasteiger partial charge on any atom is 0.573 e. The first-order valence-corrected chi connectivity index (χ1v) is 9.57. The Hall–Kier alpha value is -1.27. The van der Waals surface area contributed by atoms with Gasteiger partial charge in [-0.25, -0.2) is 4.99 Å². The molecule has 1 atom stereocenters. The zero-order valence-corrected chi connectivity index (χ0v) is 19.5. The average Bonchev–Trinajstić information content (AvgIpc) is 2.64. The minimum absolute atomic E-state index is 0. The number of benzene rings is 1. The molecular weight excluding hydrogens is 498 g/mol. The number of nitrogens with one attached hydrogen (secondary N) is 2. The Morgan fingerprint density at radius 1 is 1.17 bits per heavy atom. The van der Waals surface area contributed by atoms with Crippen LogP contribution in [-0.2, 0) is 6.54 Å². The molecule has 1 aliphatic rings. The molecule has 1 unspecified atom stereocenters. The lowest BCUT2D eigenvalue weighted by Crippen LogP contribution is -2.52. The number of rotatable bonds is 7. The van der Waals surface area contributed by atoms with E-state index in [0.29, 0.717) is 30.7 Å². The summed E-state index contributed by atoms with van der Waals surface area (Å²) in [6.07, 6.45) is -4.72. The second-order valence-corrected chi connectivity index (χ2v) is 6.92. The first kappa shape index (κ1) is 25.8. The summed E-state index contributed by atoms with van der Waals surface area (Å²) in [5.74, 6) is 0.352. The van der Waals surface area contributed by atoms with Crippen LogP contribution in [-0.4, -0.2) is 74.5 Å². The van der Waals surface area contributed by atoms with Gasteiger partial charge in [0.2, 0.25) is 0 Å². The molecule has 0 amide bonds. The molecule has 1 aromatic carbocycles. The number of halogens is 4. The van der Waals surface area contributed by atoms with Crippen molar-refractivity contribution in [3.05, 3.63) is 29.8 Å². The smallest absolute Gasteiger partial charge is 0.405 e. The Morgan fingerprint density at radius 3 is 2.45 bits per heavy atom. The van der Waals surface area contributed by atoms with Crippen molar-refractivity contribution in [1.29, 1.82) is 0 Å². The van der Waals surface area contributed by atoms with Crippen LogP contribution in [0, 0.1) is 0 Å². The van der Waals surface area contributed by atoms with E-state index in [2.05, 4.69) is 44.1 Å². The van der Waals surface area contributed by atoms with E-state index in [1.165, 1.54) is 12.1 Å². The molecule has 1 fully saturated rings. The van der Waals surface area contributed by atoms with Gasteiger partial charge in [0.05, 0.1) is 6.54 Å². The highest BCUT2D eigenvalue weighted by molar-refractivity contribution is 14.0. The van der Waals surface area contributed by atoms with E-state index in [1.807, 2.05) is 6.92 Å². The van der Waals surface area contributed by atoms with E-state index in [0.717, 1.165) is 26.2 Å². The number of alkyl halides is 3. The van der Waals surface area contributed by atoms with Crippen molar-refractivity contribution >= 4 is 29.9 Å². The minimum atomic E-state index is -4.72. The molecule has 0 saturated carbocycles. The summed E-state index contributed by atoms with van der Waals surface area (Å²) >= 11 is 0. The first-order chi connectivity index (χ1) is 13.3. The van der Waals surface area contributed by atoms with Gasteiger partial charge in [-0.3, -0.25) is 4.90 Å². The van der Waals surface area contributed by atoms with Crippen molar-refractivity contribution in [3.8, 4) is 5.75 Å². The van der Waals surface area contributed by atoms with Gasteiger partial charge < -0.3 is 20.3 Å². The average molecular weight is 529 g/mol. The summed E-state index contributed by atoms with van der Waals surface area (Å²) in [7, 11) is 2.12. The summed E-state index contributed by atoms with van der Waals surface area (Å²) in [5.41, 5.74) is 0.379. The van der Waals surface area contributed by atoms with Gasteiger partial charge in [-0.1, -0.05) is 18.2 Å². The Bertz CT molecular complexity index is 637. The molecule has 0 aliphatic carbocycles. The number of piperazine rings is 1. The van der Waals surface area contributed by atoms with Crippen molar-refractivity contribution in [2.24, 2.45) is 4.99 Å². The number of ether oxygens (including phenoxy) is 1. The van der Waals surface area contributed by atoms with E-state index in [9.17, 15) is 13.2 Å². The molecular formula is C19H31F3IN5O. The summed E-state index contributed by atoms with van der Waals surface area (Å²) < 4.78 is 41.8. The van der Waals surface area contributed by atoms with Gasteiger partial charge in [0, 0.05) is 50.9 Å². The van der Waals surface area contributed by atoms with Crippen molar-refractivity contribution in [2.45, 2.75) is 32.8 Å².